The summed E-state index contributed by atoms with van der Waals surface area (Å²) in [5.74, 6) is 0.0806. The number of rotatable bonds is 2. The second kappa shape index (κ2) is 5.14. The van der Waals surface area contributed by atoms with E-state index in [9.17, 15) is 13.2 Å². The minimum Gasteiger partial charge on any atom is -0.488 e. The fourth-order valence-electron chi connectivity index (χ4n) is 2.37. The molecule has 20 heavy (non-hydrogen) atoms. The summed E-state index contributed by atoms with van der Waals surface area (Å²) in [5.41, 5.74) is 5.09. The molecule has 0 radical (unpaired) electrons. The van der Waals surface area contributed by atoms with E-state index >= 15 is 0 Å². The van der Waals surface area contributed by atoms with Crippen molar-refractivity contribution in [2.45, 2.75) is 51.8 Å². The quantitative estimate of drug-likeness (QED) is 0.893. The molecule has 0 aliphatic heterocycles. The summed E-state index contributed by atoms with van der Waals surface area (Å²) in [5, 5.41) is 0. The molecular weight excluding hydrogens is 269 g/mol. The molecule has 0 amide bonds. The monoisotopic (exact) mass is 288 g/mol. The lowest BCUT2D eigenvalue weighted by Crippen LogP contribution is -2.28. The van der Waals surface area contributed by atoms with Crippen LogP contribution in [0.25, 0.3) is 0 Å². The highest BCUT2D eigenvalue weighted by atomic mass is 19.4. The van der Waals surface area contributed by atoms with Gasteiger partial charge in [-0.15, -0.1) is 0 Å². The minimum absolute atomic E-state index is 0.0752. The number of ether oxygens (including phenoxy) is 1. The Kier molecular flexibility index (Phi) is 3.84. The highest BCUT2D eigenvalue weighted by Gasteiger charge is 2.34. The summed E-state index contributed by atoms with van der Waals surface area (Å²) in [6.07, 6.45) is 0.0926. The maximum atomic E-state index is 12.6. The van der Waals surface area contributed by atoms with Gasteiger partial charge >= 0.3 is 6.18 Å². The van der Waals surface area contributed by atoms with Crippen LogP contribution in [0.5, 0.6) is 5.75 Å². The number of nitrogen functional groups attached to an aromatic ring is 1. The van der Waals surface area contributed by atoms with Crippen LogP contribution in [0.15, 0.2) is 12.3 Å². The standard InChI is InChI=1S/C14H19F3N2O/c1-13(2)5-3-9(4-6-13)20-11-7-12(14(15,16)17)19-8-10(11)18/h7-9H,3-6,18H2,1-2H3. The topological polar surface area (TPSA) is 48.1 Å². The lowest BCUT2D eigenvalue weighted by Gasteiger charge is -2.34. The van der Waals surface area contributed by atoms with Gasteiger partial charge in [0.05, 0.1) is 18.0 Å². The van der Waals surface area contributed by atoms with E-state index in [1.54, 1.807) is 0 Å². The number of nitrogens with zero attached hydrogens (tertiary/aromatic N) is 1. The number of hydrogen-bond acceptors (Lipinski definition) is 3. The van der Waals surface area contributed by atoms with Gasteiger partial charge in [-0.25, -0.2) is 4.98 Å². The summed E-state index contributed by atoms with van der Waals surface area (Å²) in [4.78, 5) is 3.30. The molecule has 0 aromatic carbocycles. The number of halogens is 3. The number of aromatic nitrogens is 1. The molecule has 6 heteroatoms. The van der Waals surface area contributed by atoms with Crippen LogP contribution in [0.4, 0.5) is 18.9 Å². The number of hydrogen-bond donors (Lipinski definition) is 1. The fraction of sp³-hybridized carbons (Fsp3) is 0.643. The Labute approximate surface area is 116 Å². The third-order valence-electron chi connectivity index (χ3n) is 3.77. The van der Waals surface area contributed by atoms with Gasteiger partial charge in [-0.3, -0.25) is 0 Å². The smallest absolute Gasteiger partial charge is 0.433 e. The molecule has 1 aromatic heterocycles. The SMILES string of the molecule is CC1(C)CCC(Oc2cc(C(F)(F)F)ncc2N)CC1. The number of anilines is 1. The molecular formula is C14H19F3N2O. The van der Waals surface area contributed by atoms with E-state index in [2.05, 4.69) is 18.8 Å². The first-order valence-electron chi connectivity index (χ1n) is 6.67. The molecule has 0 saturated heterocycles. The van der Waals surface area contributed by atoms with Crippen molar-refractivity contribution in [1.82, 2.24) is 4.98 Å². The van der Waals surface area contributed by atoms with Gasteiger partial charge in [-0.05, 0) is 31.1 Å². The van der Waals surface area contributed by atoms with Gasteiger partial charge in [0.2, 0.25) is 0 Å². The second-order valence-electron chi connectivity index (χ2n) is 6.09. The van der Waals surface area contributed by atoms with Crippen LogP contribution in [-0.4, -0.2) is 11.1 Å². The number of nitrogens with two attached hydrogens (primary N) is 1. The normalized spacial score (nSPS) is 19.9. The van der Waals surface area contributed by atoms with Gasteiger partial charge in [-0.1, -0.05) is 13.8 Å². The van der Waals surface area contributed by atoms with Gasteiger partial charge < -0.3 is 10.5 Å². The van der Waals surface area contributed by atoms with Crippen LogP contribution in [0.3, 0.4) is 0 Å². The van der Waals surface area contributed by atoms with E-state index in [0.717, 1.165) is 37.9 Å². The van der Waals surface area contributed by atoms with Crippen molar-refractivity contribution in [3.8, 4) is 5.75 Å². The Morgan fingerprint density at radius 2 is 1.90 bits per heavy atom. The molecule has 112 valence electrons. The van der Waals surface area contributed by atoms with Crippen LogP contribution in [0.2, 0.25) is 0 Å². The molecule has 1 saturated carbocycles. The maximum absolute atomic E-state index is 12.6. The van der Waals surface area contributed by atoms with Crippen LogP contribution in [0.1, 0.15) is 45.2 Å². The molecule has 0 unspecified atom stereocenters. The van der Waals surface area contributed by atoms with Crippen molar-refractivity contribution < 1.29 is 17.9 Å². The molecule has 1 aromatic rings. The lowest BCUT2D eigenvalue weighted by atomic mass is 9.76. The Bertz CT molecular complexity index is 476. The van der Waals surface area contributed by atoms with Gasteiger partial charge in [0, 0.05) is 6.07 Å². The highest BCUT2D eigenvalue weighted by molar-refractivity contribution is 5.51. The number of alkyl halides is 3. The summed E-state index contributed by atoms with van der Waals surface area (Å²) in [7, 11) is 0. The van der Waals surface area contributed by atoms with E-state index in [1.807, 2.05) is 0 Å². The summed E-state index contributed by atoms with van der Waals surface area (Å²) < 4.78 is 43.5. The van der Waals surface area contributed by atoms with E-state index in [-0.39, 0.29) is 23.0 Å². The zero-order valence-corrected chi connectivity index (χ0v) is 11.6. The zero-order chi connectivity index (χ0) is 15.0. The van der Waals surface area contributed by atoms with Crippen molar-refractivity contribution in [3.63, 3.8) is 0 Å². The fourth-order valence-corrected chi connectivity index (χ4v) is 2.37. The van der Waals surface area contributed by atoms with E-state index in [4.69, 9.17) is 10.5 Å². The Morgan fingerprint density at radius 1 is 1.30 bits per heavy atom. The number of pyridine rings is 1. The molecule has 3 nitrogen and oxygen atoms in total. The minimum atomic E-state index is -4.49. The second-order valence-corrected chi connectivity index (χ2v) is 6.09. The predicted molar refractivity (Wildman–Crippen MR) is 70.3 cm³/mol. The van der Waals surface area contributed by atoms with Crippen LogP contribution in [-0.2, 0) is 6.18 Å². The van der Waals surface area contributed by atoms with Gasteiger partial charge in [0.25, 0.3) is 0 Å². The molecule has 2 rings (SSSR count). The van der Waals surface area contributed by atoms with E-state index in [1.165, 1.54) is 0 Å². The first-order valence-corrected chi connectivity index (χ1v) is 6.67. The van der Waals surface area contributed by atoms with E-state index in [0.29, 0.717) is 0 Å². The largest absolute Gasteiger partial charge is 0.488 e. The third-order valence-corrected chi connectivity index (χ3v) is 3.77. The van der Waals surface area contributed by atoms with Gasteiger partial charge in [0.1, 0.15) is 11.4 Å². The third kappa shape index (κ3) is 3.55. The van der Waals surface area contributed by atoms with Crippen molar-refractivity contribution in [2.75, 3.05) is 5.73 Å². The summed E-state index contributed by atoms with van der Waals surface area (Å²) in [6.45, 7) is 4.37. The molecule has 0 atom stereocenters. The average Bonchev–Trinajstić information content (AvgIpc) is 2.33. The summed E-state index contributed by atoms with van der Waals surface area (Å²) in [6, 6.07) is 0.884. The molecule has 1 heterocycles. The maximum Gasteiger partial charge on any atom is 0.433 e. The summed E-state index contributed by atoms with van der Waals surface area (Å²) >= 11 is 0. The Hall–Kier alpha value is -1.46. The Morgan fingerprint density at radius 3 is 2.45 bits per heavy atom. The van der Waals surface area contributed by atoms with Crippen molar-refractivity contribution in [2.24, 2.45) is 5.41 Å². The van der Waals surface area contributed by atoms with Crippen molar-refractivity contribution >= 4 is 5.69 Å². The molecule has 1 aliphatic carbocycles. The molecule has 2 N–H and O–H groups in total. The highest BCUT2D eigenvalue weighted by Crippen LogP contribution is 2.38. The van der Waals surface area contributed by atoms with Crippen LogP contribution >= 0.6 is 0 Å². The van der Waals surface area contributed by atoms with Gasteiger partial charge in [-0.2, -0.15) is 13.2 Å². The zero-order valence-electron chi connectivity index (χ0n) is 11.6. The van der Waals surface area contributed by atoms with E-state index < -0.39 is 11.9 Å². The lowest BCUT2D eigenvalue weighted by molar-refractivity contribution is -0.141. The molecule has 1 aliphatic rings. The average molecular weight is 288 g/mol. The van der Waals surface area contributed by atoms with Crippen molar-refractivity contribution in [1.29, 1.82) is 0 Å². The predicted octanol–water partition coefficient (Wildman–Crippen LogP) is 4.03. The Balaban J connectivity index is 2.10. The van der Waals surface area contributed by atoms with Crippen LogP contribution < -0.4 is 10.5 Å². The molecule has 0 spiro atoms. The molecule has 1 fully saturated rings. The van der Waals surface area contributed by atoms with Crippen molar-refractivity contribution in [3.05, 3.63) is 18.0 Å². The van der Waals surface area contributed by atoms with Gasteiger partial charge in [0.15, 0.2) is 0 Å². The first kappa shape index (κ1) is 14.9. The molecule has 0 bridgehead atoms. The first-order chi connectivity index (χ1) is 9.17. The van der Waals surface area contributed by atoms with Crippen LogP contribution in [0, 0.1) is 5.41 Å².